The highest BCUT2D eigenvalue weighted by atomic mass is 32.2. The Morgan fingerprint density at radius 2 is 2.06 bits per heavy atom. The average Bonchev–Trinajstić information content (AvgIpc) is 2.26. The van der Waals surface area contributed by atoms with E-state index in [1.165, 1.54) is 4.31 Å². The summed E-state index contributed by atoms with van der Waals surface area (Å²) in [5.41, 5.74) is 0. The second kappa shape index (κ2) is 5.95. The molecule has 5 nitrogen and oxygen atoms in total. The molecule has 1 rings (SSSR count). The molecular weight excluding hydrogens is 226 g/mol. The van der Waals surface area contributed by atoms with Gasteiger partial charge in [-0.25, -0.2) is 0 Å². The van der Waals surface area contributed by atoms with Crippen LogP contribution >= 0.6 is 0 Å². The third-order valence-electron chi connectivity index (χ3n) is 3.06. The summed E-state index contributed by atoms with van der Waals surface area (Å²) in [6, 6.07) is 0.161. The zero-order valence-electron chi connectivity index (χ0n) is 10.4. The van der Waals surface area contributed by atoms with Crippen LogP contribution in [-0.4, -0.2) is 57.3 Å². The van der Waals surface area contributed by atoms with Gasteiger partial charge in [-0.1, -0.05) is 6.42 Å². The molecule has 1 fully saturated rings. The molecule has 0 aromatic heterocycles. The maximum atomic E-state index is 12.1. The Balaban J connectivity index is 2.74. The number of piperidine rings is 1. The first kappa shape index (κ1) is 13.9. The van der Waals surface area contributed by atoms with Crippen LogP contribution in [-0.2, 0) is 10.2 Å². The van der Waals surface area contributed by atoms with Crippen LogP contribution in [0, 0.1) is 0 Å². The summed E-state index contributed by atoms with van der Waals surface area (Å²) in [6.07, 6.45) is 3.98. The van der Waals surface area contributed by atoms with Crippen molar-refractivity contribution in [2.75, 3.05) is 34.2 Å². The van der Waals surface area contributed by atoms with Gasteiger partial charge in [-0.15, -0.1) is 0 Å². The summed E-state index contributed by atoms with van der Waals surface area (Å²) in [6.45, 7) is 1.53. The summed E-state index contributed by atoms with van der Waals surface area (Å²) in [7, 11) is 1.85. The number of hydrogen-bond acceptors (Lipinski definition) is 3. The van der Waals surface area contributed by atoms with E-state index in [0.29, 0.717) is 6.54 Å². The largest absolute Gasteiger partial charge is 0.320 e. The van der Waals surface area contributed by atoms with Crippen molar-refractivity contribution in [3.63, 3.8) is 0 Å². The van der Waals surface area contributed by atoms with Gasteiger partial charge in [-0.2, -0.15) is 17.0 Å². The molecule has 1 N–H and O–H groups in total. The van der Waals surface area contributed by atoms with Crippen LogP contribution in [0.3, 0.4) is 0 Å². The van der Waals surface area contributed by atoms with E-state index in [2.05, 4.69) is 5.32 Å². The molecule has 0 radical (unpaired) electrons. The van der Waals surface area contributed by atoms with Crippen molar-refractivity contribution in [1.29, 1.82) is 0 Å². The van der Waals surface area contributed by atoms with Gasteiger partial charge < -0.3 is 5.32 Å². The number of hydrogen-bond donors (Lipinski definition) is 1. The second-order valence-electron chi connectivity index (χ2n) is 4.44. The van der Waals surface area contributed by atoms with Crippen LogP contribution in [0.2, 0.25) is 0 Å². The Kier molecular flexibility index (Phi) is 5.17. The van der Waals surface area contributed by atoms with Crippen LogP contribution in [0.25, 0.3) is 0 Å². The van der Waals surface area contributed by atoms with Crippen LogP contribution in [0.1, 0.15) is 25.7 Å². The molecule has 1 aliphatic heterocycles. The standard InChI is InChI=1S/C10H23N3O2S/c1-11-8-7-10-6-4-5-9-13(10)16(14,15)12(2)3/h10-11H,4-9H2,1-3H3. The summed E-state index contributed by atoms with van der Waals surface area (Å²) in [5, 5.41) is 3.08. The molecule has 1 saturated heterocycles. The molecule has 96 valence electrons. The van der Waals surface area contributed by atoms with E-state index < -0.39 is 10.2 Å². The minimum atomic E-state index is -3.24. The molecule has 1 unspecified atom stereocenters. The van der Waals surface area contributed by atoms with Crippen LogP contribution in [0.5, 0.6) is 0 Å². The van der Waals surface area contributed by atoms with Gasteiger partial charge in [0.2, 0.25) is 0 Å². The molecule has 0 aromatic rings. The smallest absolute Gasteiger partial charge is 0.281 e. The molecule has 0 amide bonds. The Morgan fingerprint density at radius 3 is 2.62 bits per heavy atom. The third kappa shape index (κ3) is 3.16. The van der Waals surface area contributed by atoms with Gasteiger partial charge in [0, 0.05) is 26.7 Å². The molecule has 1 atom stereocenters. The average molecular weight is 249 g/mol. The highest BCUT2D eigenvalue weighted by Gasteiger charge is 2.33. The van der Waals surface area contributed by atoms with E-state index in [0.717, 1.165) is 32.2 Å². The van der Waals surface area contributed by atoms with Crippen molar-refractivity contribution >= 4 is 10.2 Å². The molecule has 1 aliphatic rings. The SMILES string of the molecule is CNCCC1CCCCN1S(=O)(=O)N(C)C. The van der Waals surface area contributed by atoms with E-state index in [1.807, 2.05) is 7.05 Å². The molecule has 6 heteroatoms. The van der Waals surface area contributed by atoms with Crippen molar-refractivity contribution in [2.45, 2.75) is 31.7 Å². The molecule has 1 heterocycles. The highest BCUT2D eigenvalue weighted by Crippen LogP contribution is 2.23. The number of nitrogens with zero attached hydrogens (tertiary/aromatic N) is 2. The lowest BCUT2D eigenvalue weighted by Crippen LogP contribution is -2.49. The lowest BCUT2D eigenvalue weighted by Gasteiger charge is -2.36. The Bertz CT molecular complexity index is 303. The Morgan fingerprint density at radius 1 is 1.38 bits per heavy atom. The van der Waals surface area contributed by atoms with E-state index in [4.69, 9.17) is 0 Å². The highest BCUT2D eigenvalue weighted by molar-refractivity contribution is 7.86. The predicted molar refractivity (Wildman–Crippen MR) is 65.5 cm³/mol. The molecule has 0 aliphatic carbocycles. The predicted octanol–water partition coefficient (Wildman–Crippen LogP) is 0.257. The summed E-state index contributed by atoms with van der Waals surface area (Å²) >= 11 is 0. The van der Waals surface area contributed by atoms with Gasteiger partial charge in [0.1, 0.15) is 0 Å². The maximum Gasteiger partial charge on any atom is 0.281 e. The van der Waals surface area contributed by atoms with Gasteiger partial charge >= 0.3 is 0 Å². The number of rotatable bonds is 5. The fourth-order valence-corrected chi connectivity index (χ4v) is 3.45. The Hall–Kier alpha value is -0.170. The van der Waals surface area contributed by atoms with Crippen LogP contribution in [0.4, 0.5) is 0 Å². The zero-order valence-corrected chi connectivity index (χ0v) is 11.3. The fourth-order valence-electron chi connectivity index (χ4n) is 2.09. The molecule has 0 aromatic carbocycles. The quantitative estimate of drug-likeness (QED) is 0.760. The van der Waals surface area contributed by atoms with E-state index in [1.54, 1.807) is 18.4 Å². The van der Waals surface area contributed by atoms with Crippen molar-refractivity contribution in [2.24, 2.45) is 0 Å². The minimum absolute atomic E-state index is 0.161. The van der Waals surface area contributed by atoms with Crippen molar-refractivity contribution in [3.8, 4) is 0 Å². The minimum Gasteiger partial charge on any atom is -0.320 e. The van der Waals surface area contributed by atoms with Gasteiger partial charge in [0.25, 0.3) is 10.2 Å². The normalized spacial score (nSPS) is 23.9. The second-order valence-corrected chi connectivity index (χ2v) is 6.54. The van der Waals surface area contributed by atoms with Gasteiger partial charge in [-0.05, 0) is 32.9 Å². The lowest BCUT2D eigenvalue weighted by molar-refractivity contribution is 0.229. The van der Waals surface area contributed by atoms with Crippen molar-refractivity contribution in [3.05, 3.63) is 0 Å². The first-order valence-corrected chi connectivity index (χ1v) is 7.23. The Labute approximate surface area is 99.0 Å². The van der Waals surface area contributed by atoms with Crippen LogP contribution < -0.4 is 5.32 Å². The maximum absolute atomic E-state index is 12.1. The van der Waals surface area contributed by atoms with Gasteiger partial charge in [0.05, 0.1) is 0 Å². The van der Waals surface area contributed by atoms with Crippen molar-refractivity contribution < 1.29 is 8.42 Å². The summed E-state index contributed by atoms with van der Waals surface area (Å²) in [5.74, 6) is 0. The third-order valence-corrected chi connectivity index (χ3v) is 5.05. The summed E-state index contributed by atoms with van der Waals surface area (Å²) in [4.78, 5) is 0. The number of nitrogens with one attached hydrogen (secondary N) is 1. The van der Waals surface area contributed by atoms with Gasteiger partial charge in [0.15, 0.2) is 0 Å². The first-order chi connectivity index (χ1) is 7.50. The van der Waals surface area contributed by atoms with E-state index in [-0.39, 0.29) is 6.04 Å². The molecular formula is C10H23N3O2S. The van der Waals surface area contributed by atoms with Crippen LogP contribution in [0.15, 0.2) is 0 Å². The topological polar surface area (TPSA) is 52.7 Å². The fraction of sp³-hybridized carbons (Fsp3) is 1.00. The molecule has 0 spiro atoms. The lowest BCUT2D eigenvalue weighted by atomic mass is 10.0. The monoisotopic (exact) mass is 249 g/mol. The van der Waals surface area contributed by atoms with Crippen molar-refractivity contribution in [1.82, 2.24) is 13.9 Å². The van der Waals surface area contributed by atoms with E-state index in [9.17, 15) is 8.42 Å². The van der Waals surface area contributed by atoms with Gasteiger partial charge in [-0.3, -0.25) is 0 Å². The first-order valence-electron chi connectivity index (χ1n) is 5.84. The molecule has 0 saturated carbocycles. The van der Waals surface area contributed by atoms with E-state index >= 15 is 0 Å². The molecule has 16 heavy (non-hydrogen) atoms. The summed E-state index contributed by atoms with van der Waals surface area (Å²) < 4.78 is 27.2. The molecule has 0 bridgehead atoms. The zero-order chi connectivity index (χ0) is 12.2.